The molecule has 0 aromatic heterocycles. The molecular weight excluding hydrogens is 232 g/mol. The summed E-state index contributed by atoms with van der Waals surface area (Å²) >= 11 is 0. The monoisotopic (exact) mass is 250 g/mol. The first-order valence-corrected chi connectivity index (χ1v) is 6.01. The zero-order chi connectivity index (χ0) is 13.2. The van der Waals surface area contributed by atoms with E-state index in [9.17, 15) is 9.59 Å². The van der Waals surface area contributed by atoms with Gasteiger partial charge < -0.3 is 9.47 Å². The fourth-order valence-corrected chi connectivity index (χ4v) is 1.40. The topological polar surface area (TPSA) is 52.6 Å². The summed E-state index contributed by atoms with van der Waals surface area (Å²) in [5.41, 5.74) is 0.978. The van der Waals surface area contributed by atoms with E-state index < -0.39 is 0 Å². The molecule has 18 heavy (non-hydrogen) atoms. The molecule has 4 nitrogen and oxygen atoms in total. The average Bonchev–Trinajstić information content (AvgIpc) is 2.37. The van der Waals surface area contributed by atoms with Gasteiger partial charge in [-0.05, 0) is 18.4 Å². The normalized spacial score (nSPS) is 9.83. The van der Waals surface area contributed by atoms with Crippen LogP contribution in [0, 0.1) is 0 Å². The van der Waals surface area contributed by atoms with Crippen LogP contribution in [0.2, 0.25) is 0 Å². The Morgan fingerprint density at radius 1 is 1.06 bits per heavy atom. The van der Waals surface area contributed by atoms with Gasteiger partial charge in [0.05, 0.1) is 6.61 Å². The molecular formula is C14H18O4. The quantitative estimate of drug-likeness (QED) is 0.551. The molecule has 0 aliphatic carbocycles. The van der Waals surface area contributed by atoms with E-state index in [-0.39, 0.29) is 11.9 Å². The fourth-order valence-electron chi connectivity index (χ4n) is 1.40. The minimum absolute atomic E-state index is 0.221. The fraction of sp³-hybridized carbons (Fsp3) is 0.429. The second kappa shape index (κ2) is 8.28. The van der Waals surface area contributed by atoms with E-state index in [0.29, 0.717) is 32.5 Å². The van der Waals surface area contributed by atoms with Crippen LogP contribution < -0.4 is 0 Å². The summed E-state index contributed by atoms with van der Waals surface area (Å²) in [6.07, 6.45) is 1.70. The maximum atomic E-state index is 11.4. The molecule has 0 atom stereocenters. The van der Waals surface area contributed by atoms with E-state index >= 15 is 0 Å². The Balaban J connectivity index is 2.06. The van der Waals surface area contributed by atoms with Crippen LogP contribution in [0.25, 0.3) is 0 Å². The second-order valence-electron chi connectivity index (χ2n) is 3.94. The Labute approximate surface area is 107 Å². The van der Waals surface area contributed by atoms with Gasteiger partial charge in [-0.2, -0.15) is 0 Å². The molecule has 0 saturated carbocycles. The van der Waals surface area contributed by atoms with Crippen molar-refractivity contribution in [1.82, 2.24) is 0 Å². The lowest BCUT2D eigenvalue weighted by Gasteiger charge is -2.05. The molecule has 0 N–H and O–H groups in total. The third kappa shape index (κ3) is 6.68. The number of unbranched alkanes of at least 4 members (excludes halogenated alkanes) is 1. The summed E-state index contributed by atoms with van der Waals surface area (Å²) in [5.74, 6) is -0.511. The Morgan fingerprint density at radius 2 is 1.78 bits per heavy atom. The standard InChI is InChI=1S/C14H18O4/c1-12(15)17-10-6-5-9-14(16)18-11-13-7-3-2-4-8-13/h2-4,7-8H,5-6,9-11H2,1H3. The summed E-state index contributed by atoms with van der Waals surface area (Å²) in [6, 6.07) is 9.55. The Morgan fingerprint density at radius 3 is 2.44 bits per heavy atom. The van der Waals surface area contributed by atoms with Gasteiger partial charge in [0.2, 0.25) is 0 Å². The molecule has 0 spiro atoms. The van der Waals surface area contributed by atoms with Gasteiger partial charge in [-0.15, -0.1) is 0 Å². The largest absolute Gasteiger partial charge is 0.466 e. The Kier molecular flexibility index (Phi) is 6.54. The van der Waals surface area contributed by atoms with Crippen LogP contribution in [0.4, 0.5) is 0 Å². The van der Waals surface area contributed by atoms with Crippen molar-refractivity contribution in [2.45, 2.75) is 32.8 Å². The number of ether oxygens (including phenoxy) is 2. The van der Waals surface area contributed by atoms with Crippen molar-refractivity contribution in [2.24, 2.45) is 0 Å². The molecule has 0 unspecified atom stereocenters. The predicted octanol–water partition coefficient (Wildman–Crippen LogP) is 2.46. The molecule has 0 heterocycles. The summed E-state index contributed by atoms with van der Waals surface area (Å²) in [5, 5.41) is 0. The lowest BCUT2D eigenvalue weighted by Crippen LogP contribution is -2.06. The number of carbonyl (C=O) groups excluding carboxylic acids is 2. The van der Waals surface area contributed by atoms with Gasteiger partial charge in [-0.1, -0.05) is 30.3 Å². The molecule has 0 saturated heterocycles. The van der Waals surface area contributed by atoms with Crippen molar-refractivity contribution < 1.29 is 19.1 Å². The highest BCUT2D eigenvalue weighted by Crippen LogP contribution is 2.04. The van der Waals surface area contributed by atoms with E-state index in [1.165, 1.54) is 6.92 Å². The van der Waals surface area contributed by atoms with E-state index in [0.717, 1.165) is 5.56 Å². The molecule has 1 rings (SSSR count). The maximum absolute atomic E-state index is 11.4. The number of hydrogen-bond acceptors (Lipinski definition) is 4. The summed E-state index contributed by atoms with van der Waals surface area (Å²) in [7, 11) is 0. The SMILES string of the molecule is CC(=O)OCCCCC(=O)OCc1ccccc1. The third-order valence-corrected chi connectivity index (χ3v) is 2.32. The minimum atomic E-state index is -0.290. The van der Waals surface area contributed by atoms with Crippen LogP contribution in [0.15, 0.2) is 30.3 Å². The number of hydrogen-bond donors (Lipinski definition) is 0. The van der Waals surface area contributed by atoms with Gasteiger partial charge >= 0.3 is 11.9 Å². The summed E-state index contributed by atoms with van der Waals surface area (Å²) in [4.78, 5) is 21.9. The van der Waals surface area contributed by atoms with Crippen molar-refractivity contribution in [1.29, 1.82) is 0 Å². The highest BCUT2D eigenvalue weighted by molar-refractivity contribution is 5.69. The molecule has 1 aromatic rings. The van der Waals surface area contributed by atoms with Crippen LogP contribution in [-0.4, -0.2) is 18.5 Å². The van der Waals surface area contributed by atoms with Crippen LogP contribution in [0.5, 0.6) is 0 Å². The van der Waals surface area contributed by atoms with Gasteiger partial charge in [0.1, 0.15) is 6.61 Å². The van der Waals surface area contributed by atoms with Gasteiger partial charge in [0, 0.05) is 13.3 Å². The van der Waals surface area contributed by atoms with E-state index in [2.05, 4.69) is 0 Å². The molecule has 0 fully saturated rings. The average molecular weight is 250 g/mol. The molecule has 0 aliphatic heterocycles. The molecule has 0 bridgehead atoms. The van der Waals surface area contributed by atoms with Crippen LogP contribution in [-0.2, 0) is 25.7 Å². The van der Waals surface area contributed by atoms with Crippen molar-refractivity contribution >= 4 is 11.9 Å². The number of benzene rings is 1. The van der Waals surface area contributed by atoms with Crippen molar-refractivity contribution in [3.05, 3.63) is 35.9 Å². The first-order chi connectivity index (χ1) is 8.68. The van der Waals surface area contributed by atoms with Crippen molar-refractivity contribution in [3.63, 3.8) is 0 Å². The first-order valence-electron chi connectivity index (χ1n) is 6.01. The van der Waals surface area contributed by atoms with Crippen LogP contribution in [0.1, 0.15) is 31.7 Å². The van der Waals surface area contributed by atoms with E-state index in [1.807, 2.05) is 30.3 Å². The third-order valence-electron chi connectivity index (χ3n) is 2.32. The van der Waals surface area contributed by atoms with Crippen molar-refractivity contribution in [3.8, 4) is 0 Å². The minimum Gasteiger partial charge on any atom is -0.466 e. The smallest absolute Gasteiger partial charge is 0.306 e. The molecule has 0 radical (unpaired) electrons. The lowest BCUT2D eigenvalue weighted by molar-refractivity contribution is -0.145. The molecule has 0 aliphatic rings. The van der Waals surface area contributed by atoms with Gasteiger partial charge in [0.25, 0.3) is 0 Å². The molecule has 98 valence electrons. The van der Waals surface area contributed by atoms with Crippen molar-refractivity contribution in [2.75, 3.05) is 6.61 Å². The maximum Gasteiger partial charge on any atom is 0.306 e. The zero-order valence-corrected chi connectivity index (χ0v) is 10.6. The zero-order valence-electron chi connectivity index (χ0n) is 10.6. The highest BCUT2D eigenvalue weighted by Gasteiger charge is 2.03. The first kappa shape index (κ1) is 14.2. The van der Waals surface area contributed by atoms with Gasteiger partial charge in [0.15, 0.2) is 0 Å². The number of esters is 2. The second-order valence-corrected chi connectivity index (χ2v) is 3.94. The summed E-state index contributed by atoms with van der Waals surface area (Å²) in [6.45, 7) is 2.04. The molecule has 4 heteroatoms. The predicted molar refractivity (Wildman–Crippen MR) is 66.7 cm³/mol. The highest BCUT2D eigenvalue weighted by atomic mass is 16.5. The number of carbonyl (C=O) groups is 2. The van der Waals surface area contributed by atoms with Gasteiger partial charge in [-0.3, -0.25) is 9.59 Å². The molecule has 0 amide bonds. The summed E-state index contributed by atoms with van der Waals surface area (Å²) < 4.78 is 9.87. The van der Waals surface area contributed by atoms with E-state index in [4.69, 9.17) is 9.47 Å². The van der Waals surface area contributed by atoms with Crippen LogP contribution in [0.3, 0.4) is 0 Å². The van der Waals surface area contributed by atoms with Crippen LogP contribution >= 0.6 is 0 Å². The van der Waals surface area contributed by atoms with Gasteiger partial charge in [-0.25, -0.2) is 0 Å². The van der Waals surface area contributed by atoms with E-state index in [1.54, 1.807) is 0 Å². The Hall–Kier alpha value is -1.84. The Bertz CT molecular complexity index is 373. The molecule has 1 aromatic carbocycles. The lowest BCUT2D eigenvalue weighted by atomic mass is 10.2. The number of rotatable bonds is 7.